The molecule has 5 nitrogen and oxygen atoms in total. The molecule has 0 saturated carbocycles. The van der Waals surface area contributed by atoms with Gasteiger partial charge in [0.2, 0.25) is 11.8 Å². The van der Waals surface area contributed by atoms with Gasteiger partial charge in [-0.1, -0.05) is 0 Å². The normalized spacial score (nSPS) is 21.3. The van der Waals surface area contributed by atoms with Crippen molar-refractivity contribution in [2.24, 2.45) is 5.73 Å². The quantitative estimate of drug-likeness (QED) is 0.477. The second kappa shape index (κ2) is 4.81. The Balaban J connectivity index is 2.20. The van der Waals surface area contributed by atoms with E-state index in [1.807, 2.05) is 0 Å². The highest BCUT2D eigenvalue weighted by Gasteiger charge is 2.26. The second-order valence-corrected chi connectivity index (χ2v) is 3.09. The Bertz CT molecular complexity index is 206. The van der Waals surface area contributed by atoms with Gasteiger partial charge in [-0.3, -0.25) is 9.59 Å². The van der Waals surface area contributed by atoms with Gasteiger partial charge in [-0.15, -0.1) is 0 Å². The van der Waals surface area contributed by atoms with E-state index in [0.29, 0.717) is 25.9 Å². The van der Waals surface area contributed by atoms with E-state index in [-0.39, 0.29) is 17.9 Å². The predicted octanol–water partition coefficient (Wildman–Crippen LogP) is -1.27. The maximum Gasteiger partial charge on any atom is 0.242 e. The van der Waals surface area contributed by atoms with Crippen molar-refractivity contribution in [3.8, 4) is 0 Å². The molecule has 1 aliphatic heterocycles. The molecule has 2 amide bonds. The fourth-order valence-corrected chi connectivity index (χ4v) is 1.25. The van der Waals surface area contributed by atoms with Crippen LogP contribution in [0.4, 0.5) is 0 Å². The number of amides is 2. The van der Waals surface area contributed by atoms with Crippen LogP contribution in [0.5, 0.6) is 0 Å². The van der Waals surface area contributed by atoms with E-state index in [1.165, 1.54) is 0 Å². The van der Waals surface area contributed by atoms with Crippen LogP contribution in [0.25, 0.3) is 0 Å². The first-order valence-corrected chi connectivity index (χ1v) is 4.51. The number of hydrogen-bond donors (Lipinski definition) is 3. The molecule has 5 heteroatoms. The molecule has 1 atom stereocenters. The van der Waals surface area contributed by atoms with E-state index >= 15 is 0 Å². The average Bonchev–Trinajstić information content (AvgIpc) is 2.52. The van der Waals surface area contributed by atoms with Crippen LogP contribution in [0.1, 0.15) is 19.3 Å². The Labute approximate surface area is 77.1 Å². The maximum absolute atomic E-state index is 11.3. The highest BCUT2D eigenvalue weighted by Crippen LogP contribution is 2.05. The van der Waals surface area contributed by atoms with E-state index in [4.69, 9.17) is 5.73 Å². The fraction of sp³-hybridized carbons (Fsp3) is 0.750. The Morgan fingerprint density at radius 3 is 3.00 bits per heavy atom. The van der Waals surface area contributed by atoms with Crippen molar-refractivity contribution in [3.05, 3.63) is 0 Å². The molecular formula is C8H15N3O2. The second-order valence-electron chi connectivity index (χ2n) is 3.09. The first kappa shape index (κ1) is 9.98. The van der Waals surface area contributed by atoms with Crippen LogP contribution >= 0.6 is 0 Å². The van der Waals surface area contributed by atoms with E-state index < -0.39 is 0 Å². The molecule has 1 heterocycles. The molecule has 0 aromatic rings. The topological polar surface area (TPSA) is 84.2 Å². The molecule has 1 saturated heterocycles. The van der Waals surface area contributed by atoms with Gasteiger partial charge in [0.15, 0.2) is 0 Å². The molecule has 1 fully saturated rings. The SMILES string of the molecule is NCCCNC(=O)C1CCC(=O)N1. The molecule has 0 aliphatic carbocycles. The molecule has 0 aromatic carbocycles. The molecule has 74 valence electrons. The van der Waals surface area contributed by atoms with Crippen LogP contribution in [-0.2, 0) is 9.59 Å². The molecule has 1 unspecified atom stereocenters. The van der Waals surface area contributed by atoms with Gasteiger partial charge in [0, 0.05) is 13.0 Å². The van der Waals surface area contributed by atoms with Crippen molar-refractivity contribution in [1.29, 1.82) is 0 Å². The van der Waals surface area contributed by atoms with Gasteiger partial charge in [-0.05, 0) is 19.4 Å². The van der Waals surface area contributed by atoms with E-state index in [0.717, 1.165) is 6.42 Å². The number of nitrogens with two attached hydrogens (primary N) is 1. The Morgan fingerprint density at radius 2 is 2.46 bits per heavy atom. The first-order valence-electron chi connectivity index (χ1n) is 4.51. The zero-order valence-corrected chi connectivity index (χ0v) is 7.51. The summed E-state index contributed by atoms with van der Waals surface area (Å²) in [7, 11) is 0. The van der Waals surface area contributed by atoms with E-state index in [2.05, 4.69) is 10.6 Å². The number of nitrogens with one attached hydrogen (secondary N) is 2. The average molecular weight is 185 g/mol. The van der Waals surface area contributed by atoms with Crippen molar-refractivity contribution in [3.63, 3.8) is 0 Å². The summed E-state index contributed by atoms with van der Waals surface area (Å²) in [6.45, 7) is 1.15. The largest absolute Gasteiger partial charge is 0.354 e. The third kappa shape index (κ3) is 3.02. The fourth-order valence-electron chi connectivity index (χ4n) is 1.25. The van der Waals surface area contributed by atoms with E-state index in [1.54, 1.807) is 0 Å². The zero-order valence-electron chi connectivity index (χ0n) is 7.51. The van der Waals surface area contributed by atoms with E-state index in [9.17, 15) is 9.59 Å². The van der Waals surface area contributed by atoms with Crippen LogP contribution in [0.15, 0.2) is 0 Å². The highest BCUT2D eigenvalue weighted by atomic mass is 16.2. The van der Waals surface area contributed by atoms with Crippen molar-refractivity contribution in [2.45, 2.75) is 25.3 Å². The van der Waals surface area contributed by atoms with Crippen molar-refractivity contribution in [1.82, 2.24) is 10.6 Å². The first-order chi connectivity index (χ1) is 6.24. The lowest BCUT2D eigenvalue weighted by Crippen LogP contribution is -2.42. The third-order valence-electron chi connectivity index (χ3n) is 1.99. The van der Waals surface area contributed by atoms with Crippen LogP contribution in [-0.4, -0.2) is 30.9 Å². The summed E-state index contributed by atoms with van der Waals surface area (Å²) in [4.78, 5) is 22.1. The van der Waals surface area contributed by atoms with Crippen LogP contribution in [0.2, 0.25) is 0 Å². The van der Waals surface area contributed by atoms with Crippen LogP contribution in [0.3, 0.4) is 0 Å². The minimum absolute atomic E-state index is 0.0426. The molecule has 4 N–H and O–H groups in total. The van der Waals surface area contributed by atoms with Gasteiger partial charge >= 0.3 is 0 Å². The molecule has 13 heavy (non-hydrogen) atoms. The summed E-state index contributed by atoms with van der Waals surface area (Å²) in [5.41, 5.74) is 5.27. The summed E-state index contributed by atoms with van der Waals surface area (Å²) in [5.74, 6) is -0.140. The lowest BCUT2D eigenvalue weighted by Gasteiger charge is -2.09. The Morgan fingerprint density at radius 1 is 1.69 bits per heavy atom. The number of carbonyl (C=O) groups excluding carboxylic acids is 2. The third-order valence-corrected chi connectivity index (χ3v) is 1.99. The van der Waals surface area contributed by atoms with Gasteiger partial charge in [0.05, 0.1) is 0 Å². The summed E-state index contributed by atoms with van der Waals surface area (Å²) in [6.07, 6.45) is 1.83. The molecule has 0 aromatic heterocycles. The van der Waals surface area contributed by atoms with Gasteiger partial charge in [-0.25, -0.2) is 0 Å². The Hall–Kier alpha value is -1.10. The van der Waals surface area contributed by atoms with Gasteiger partial charge in [0.25, 0.3) is 0 Å². The number of hydrogen-bond acceptors (Lipinski definition) is 3. The molecule has 1 rings (SSSR count). The van der Waals surface area contributed by atoms with Crippen molar-refractivity contribution >= 4 is 11.8 Å². The van der Waals surface area contributed by atoms with Crippen molar-refractivity contribution in [2.75, 3.05) is 13.1 Å². The molecule has 0 radical (unpaired) electrons. The minimum atomic E-state index is -0.328. The van der Waals surface area contributed by atoms with Gasteiger partial charge in [0.1, 0.15) is 6.04 Å². The highest BCUT2D eigenvalue weighted by molar-refractivity contribution is 5.90. The summed E-state index contributed by atoms with van der Waals surface area (Å²) >= 11 is 0. The maximum atomic E-state index is 11.3. The van der Waals surface area contributed by atoms with Gasteiger partial charge in [-0.2, -0.15) is 0 Å². The molecular weight excluding hydrogens is 170 g/mol. The van der Waals surface area contributed by atoms with Crippen molar-refractivity contribution < 1.29 is 9.59 Å². The lowest BCUT2D eigenvalue weighted by atomic mass is 10.2. The monoisotopic (exact) mass is 185 g/mol. The molecule has 0 bridgehead atoms. The predicted molar refractivity (Wildman–Crippen MR) is 47.8 cm³/mol. The molecule has 1 aliphatic rings. The van der Waals surface area contributed by atoms with Crippen LogP contribution < -0.4 is 16.4 Å². The number of rotatable bonds is 4. The molecule has 0 spiro atoms. The summed E-state index contributed by atoms with van der Waals surface area (Å²) in [5, 5.41) is 5.31. The minimum Gasteiger partial charge on any atom is -0.354 e. The Kier molecular flexibility index (Phi) is 3.70. The summed E-state index contributed by atoms with van der Waals surface area (Å²) in [6, 6.07) is -0.328. The van der Waals surface area contributed by atoms with Gasteiger partial charge < -0.3 is 16.4 Å². The number of carbonyl (C=O) groups is 2. The zero-order chi connectivity index (χ0) is 9.68. The smallest absolute Gasteiger partial charge is 0.242 e. The lowest BCUT2D eigenvalue weighted by molar-refractivity contribution is -0.125. The standard InChI is InChI=1S/C8H15N3O2/c9-4-1-5-10-8(13)6-2-3-7(12)11-6/h6H,1-5,9H2,(H,10,13)(H,11,12). The van der Waals surface area contributed by atoms with Crippen LogP contribution in [0, 0.1) is 0 Å². The summed E-state index contributed by atoms with van der Waals surface area (Å²) < 4.78 is 0.